The molecule has 30 N–H and O–H groups in total. The lowest BCUT2D eigenvalue weighted by Gasteiger charge is -2.31. The molecule has 2 aromatic carbocycles. The number of carboxylic acid groups (broad SMARTS) is 2. The van der Waals surface area contributed by atoms with E-state index in [-0.39, 0.29) is 121 Å². The van der Waals surface area contributed by atoms with Gasteiger partial charge in [0.05, 0.1) is 19.5 Å². The van der Waals surface area contributed by atoms with Crippen molar-refractivity contribution in [3.05, 3.63) is 65.9 Å². The van der Waals surface area contributed by atoms with E-state index in [1.807, 2.05) is 0 Å². The Morgan fingerprint density at radius 1 is 0.403 bits per heavy atom. The Bertz CT molecular complexity index is 4220. The number of carbonyl (C=O) groups excluding carboxylic acids is 15. The van der Waals surface area contributed by atoms with Crippen molar-refractivity contribution in [2.75, 3.05) is 32.7 Å². The maximum absolute atomic E-state index is 15.4. The summed E-state index contributed by atoms with van der Waals surface area (Å²) in [7, 11) is 0. The number of nitrogens with one attached hydrogen (secondary N) is 17. The normalized spacial score (nSPS) is 15.2. The number of carbonyl (C=O) groups is 17. The number of unbranched alkanes of at least 4 members (excludes halogenated alkanes) is 2. The number of amides is 15. The molecule has 0 spiro atoms. The van der Waals surface area contributed by atoms with Crippen molar-refractivity contribution >= 4 is 117 Å². The molecule has 15 amide bonds. The Kier molecular flexibility index (Phi) is 49.7. The van der Waals surface area contributed by atoms with Crippen molar-refractivity contribution in [1.82, 2.24) is 84.7 Å². The van der Waals surface area contributed by atoms with Gasteiger partial charge in [0.1, 0.15) is 84.3 Å². The van der Waals surface area contributed by atoms with Crippen LogP contribution in [-0.2, 0) is 94.3 Å². The number of fused-ring (bicyclic) bond motifs is 1. The van der Waals surface area contributed by atoms with E-state index in [1.54, 1.807) is 114 Å². The number of aromatic nitrogens is 1. The summed E-state index contributed by atoms with van der Waals surface area (Å²) in [5, 5.41) is 77.6. The van der Waals surface area contributed by atoms with Crippen LogP contribution in [0.2, 0.25) is 0 Å². The van der Waals surface area contributed by atoms with Crippen molar-refractivity contribution in [2.45, 2.75) is 284 Å². The lowest BCUT2D eigenvalue weighted by atomic mass is 9.94. The van der Waals surface area contributed by atoms with Crippen LogP contribution in [0.5, 0.6) is 5.75 Å². The second kappa shape index (κ2) is 57.7. The SMILES string of the molecule is CC[C@H](C)[C@H](NC(=O)[C@H](CCCCN)NC(=O)[C@H](CC(N)=O)NC(=O)[C@H](CC(C)C)NC(=O)CNC(=O)[C@H](CC(C)C)NC(=O)[C@@H](NC(=O)[C@@H](NC(=O)[C@H](Cc1c[nH]c2ccccc12)NC(=O)[C@H](CCCNC(=N)N)NC(=O)[C@H](CCCCN)NC(=O)[C@H](Cc1ccc(O)cc1)NC(=O)[C@@H](NC(=O)[C@H](CCC(=O)O)NC(=O)CN)[C@@H](C)CC)[C@@H](C)CC)[C@@H](C)CC)C(=O)O. The Hall–Kier alpha value is -12.1. The molecule has 1 heterocycles. The van der Waals surface area contributed by atoms with Crippen LogP contribution in [0, 0.1) is 40.9 Å². The molecule has 0 aliphatic rings. The first kappa shape index (κ1) is 111. The number of rotatable bonds is 62. The van der Waals surface area contributed by atoms with Gasteiger partial charge in [0, 0.05) is 42.9 Å². The van der Waals surface area contributed by atoms with Gasteiger partial charge >= 0.3 is 11.9 Å². The number of phenols is 1. The van der Waals surface area contributed by atoms with Crippen LogP contribution in [0.25, 0.3) is 10.9 Å². The molecule has 129 heavy (non-hydrogen) atoms. The van der Waals surface area contributed by atoms with Crippen LogP contribution in [0.1, 0.15) is 203 Å². The number of phenolic OH excluding ortho intramolecular Hbond substituents is 1. The number of guanidine groups is 1. The monoisotopic (exact) mass is 1820 g/mol. The number of carboxylic acids is 2. The van der Waals surface area contributed by atoms with E-state index >= 15 is 19.2 Å². The molecule has 0 bridgehead atoms. The molecule has 0 aliphatic heterocycles. The van der Waals surface area contributed by atoms with Gasteiger partial charge in [-0.2, -0.15) is 0 Å². The summed E-state index contributed by atoms with van der Waals surface area (Å²) in [5.41, 5.74) is 29.9. The molecule has 0 aliphatic carbocycles. The van der Waals surface area contributed by atoms with Crippen LogP contribution in [-0.4, -0.2) is 238 Å². The van der Waals surface area contributed by atoms with Crippen LogP contribution in [0.3, 0.4) is 0 Å². The number of aromatic amines is 1. The van der Waals surface area contributed by atoms with Crippen molar-refractivity contribution in [1.29, 1.82) is 5.41 Å². The molecule has 1 aromatic heterocycles. The van der Waals surface area contributed by atoms with Crippen LogP contribution in [0.15, 0.2) is 54.7 Å². The molecule has 0 saturated heterocycles. The summed E-state index contributed by atoms with van der Waals surface area (Å²) >= 11 is 0. The van der Waals surface area contributed by atoms with Gasteiger partial charge in [-0.25, -0.2) is 4.79 Å². The van der Waals surface area contributed by atoms with Crippen LogP contribution >= 0.6 is 0 Å². The predicted octanol–water partition coefficient (Wildman–Crippen LogP) is -1.34. The molecule has 3 rings (SSSR count). The fourth-order valence-corrected chi connectivity index (χ4v) is 13.9. The Morgan fingerprint density at radius 3 is 1.25 bits per heavy atom. The molecular weight excluding hydrogens is 1670 g/mol. The van der Waals surface area contributed by atoms with E-state index in [2.05, 4.69) is 84.7 Å². The predicted molar refractivity (Wildman–Crippen MR) is 481 cm³/mol. The number of benzene rings is 2. The van der Waals surface area contributed by atoms with Gasteiger partial charge in [-0.3, -0.25) is 82.1 Å². The number of H-pyrrole nitrogens is 1. The van der Waals surface area contributed by atoms with Crippen molar-refractivity contribution in [3.8, 4) is 5.75 Å². The van der Waals surface area contributed by atoms with Gasteiger partial charge in [-0.05, 0) is 149 Å². The summed E-state index contributed by atoms with van der Waals surface area (Å²) in [5.74, 6) is -19.7. The second-order valence-electron chi connectivity index (χ2n) is 33.8. The lowest BCUT2D eigenvalue weighted by molar-refractivity contribution is -0.144. The third kappa shape index (κ3) is 39.6. The van der Waals surface area contributed by atoms with Crippen molar-refractivity contribution < 1.29 is 96.8 Å². The van der Waals surface area contributed by atoms with Gasteiger partial charge < -0.3 is 129 Å². The average molecular weight is 1820 g/mol. The zero-order valence-electron chi connectivity index (χ0n) is 76.3. The highest BCUT2D eigenvalue weighted by molar-refractivity contribution is 6.01. The standard InChI is InChI=1S/C87H142N22O20/c1-13-48(9)70(106-78(120)60(33-34-69(114)115)97-67(112)43-90)83(125)105-63(40-52-29-31-54(110)32-30-52)80(122)100-57(26-19-21-35-88)75(117)99-59(28-23-37-94-87(92)93)76(118)102-64(41-53-44-95-56-25-18-17-24-55(53)56)82(124)107-72(50(11)15-3)85(127)108-71(49(10)14-2)84(126)104-61(38-46(5)6)74(116)96-45-68(113)98-62(39-47(7)8)79(121)103-65(42-66(91)111)81(123)101-58(27-20-22-36-89)77(119)109-73(86(128)129)51(12)16-4/h17-18,24-25,29-32,44,46-51,57-65,70-73,95,110H,13-16,19-23,26-28,33-43,45,88-90H2,1-12H3,(H2,91,111)(H,96,116)(H,97,112)(H,98,113)(H,99,117)(H,100,122)(H,101,123)(H,102,118)(H,103,121)(H,104,126)(H,105,125)(H,106,120)(H,107,124)(H,108,127)(H,109,119)(H,114,115)(H,128,129)(H4,92,93,94)/t48-,49-,50-,51-,57-,58-,59-,60-,61-,62-,63-,64-,65-,70-,71-,72-,73-/m0/s1. The topological polar surface area (TPSA) is 701 Å². The number of nitrogens with two attached hydrogens (primary N) is 5. The van der Waals surface area contributed by atoms with Crippen molar-refractivity contribution in [3.63, 3.8) is 0 Å². The summed E-state index contributed by atoms with van der Waals surface area (Å²) in [6, 6.07) is -6.16. The van der Waals surface area contributed by atoms with Gasteiger partial charge in [-0.1, -0.05) is 139 Å². The molecule has 0 radical (unpaired) electrons. The highest BCUT2D eigenvalue weighted by Gasteiger charge is 2.41. The molecule has 42 nitrogen and oxygen atoms in total. The van der Waals surface area contributed by atoms with E-state index in [0.29, 0.717) is 47.7 Å². The average Bonchev–Trinajstić information content (AvgIpc) is 1.71. The van der Waals surface area contributed by atoms with E-state index < -0.39 is 235 Å². The molecule has 17 atom stereocenters. The Labute approximate surface area is 753 Å². The fourth-order valence-electron chi connectivity index (χ4n) is 13.9. The minimum atomic E-state index is -1.70. The van der Waals surface area contributed by atoms with Gasteiger partial charge in [0.2, 0.25) is 88.6 Å². The first-order valence-electron chi connectivity index (χ1n) is 44.4. The summed E-state index contributed by atoms with van der Waals surface area (Å²) < 4.78 is 0. The summed E-state index contributed by atoms with van der Waals surface area (Å²) in [4.78, 5) is 241. The fraction of sp³-hybridized carbons (Fsp3) is 0.632. The highest BCUT2D eigenvalue weighted by Crippen LogP contribution is 2.23. The van der Waals surface area contributed by atoms with Gasteiger partial charge in [0.15, 0.2) is 5.96 Å². The number of hydrogen-bond acceptors (Lipinski definition) is 22. The van der Waals surface area contributed by atoms with Crippen LogP contribution < -0.4 is 108 Å². The lowest BCUT2D eigenvalue weighted by Crippen LogP contribution is -2.62. The van der Waals surface area contributed by atoms with E-state index in [4.69, 9.17) is 34.1 Å². The number of hydrogen-bond donors (Lipinski definition) is 25. The molecular formula is C87H142N22O20. The third-order valence-electron chi connectivity index (χ3n) is 22.3. The first-order valence-corrected chi connectivity index (χ1v) is 44.4. The van der Waals surface area contributed by atoms with E-state index in [0.717, 1.165) is 0 Å². The highest BCUT2D eigenvalue weighted by atomic mass is 16.4. The zero-order chi connectivity index (χ0) is 96.9. The Balaban J connectivity index is 2.05. The molecule has 720 valence electrons. The summed E-state index contributed by atoms with van der Waals surface area (Å²) in [6.07, 6.45) is 1.67. The number of aromatic hydroxyl groups is 1. The minimum Gasteiger partial charge on any atom is -0.508 e. The smallest absolute Gasteiger partial charge is 0.326 e. The quantitative estimate of drug-likeness (QED) is 0.0177. The molecule has 0 fully saturated rings. The Morgan fingerprint density at radius 2 is 0.783 bits per heavy atom. The number of para-hydroxylation sites is 1. The maximum atomic E-state index is 15.4. The van der Waals surface area contributed by atoms with E-state index in [1.165, 1.54) is 24.3 Å². The number of primary amides is 1. The number of aliphatic carboxylic acids is 2. The minimum absolute atomic E-state index is 0.00290. The zero-order valence-corrected chi connectivity index (χ0v) is 76.3. The maximum Gasteiger partial charge on any atom is 0.326 e. The molecule has 0 unspecified atom stereocenters. The van der Waals surface area contributed by atoms with Crippen LogP contribution in [0.4, 0.5) is 0 Å². The summed E-state index contributed by atoms with van der Waals surface area (Å²) in [6.45, 7) is 19.6. The van der Waals surface area contributed by atoms with Gasteiger partial charge in [0.25, 0.3) is 0 Å². The van der Waals surface area contributed by atoms with Crippen molar-refractivity contribution in [2.24, 2.45) is 64.2 Å². The third-order valence-corrected chi connectivity index (χ3v) is 22.3. The van der Waals surface area contributed by atoms with Gasteiger partial charge in [-0.15, -0.1) is 0 Å². The molecule has 3 aromatic rings. The largest absolute Gasteiger partial charge is 0.508 e. The second-order valence-corrected chi connectivity index (χ2v) is 33.8. The van der Waals surface area contributed by atoms with E-state index in [9.17, 15) is 77.6 Å². The first-order chi connectivity index (χ1) is 61.0. The molecule has 0 saturated carbocycles. The molecule has 42 heteroatoms.